The predicted octanol–water partition coefficient (Wildman–Crippen LogP) is 0.938. The third-order valence-electron chi connectivity index (χ3n) is 2.27. The number of hydrogen-bond donors (Lipinski definition) is 1. The lowest BCUT2D eigenvalue weighted by Gasteiger charge is -2.15. The molecule has 1 heterocycles. The minimum atomic E-state index is 0.0841. The SMILES string of the molecule is Cc1ccc(CCN(C)C(=O)CCN)o1. The van der Waals surface area contributed by atoms with E-state index in [1.807, 2.05) is 19.1 Å². The molecule has 1 aromatic heterocycles. The fraction of sp³-hybridized carbons (Fsp3) is 0.545. The molecule has 0 spiro atoms. The molecular formula is C11H18N2O2. The Morgan fingerprint density at radius 3 is 2.80 bits per heavy atom. The third-order valence-corrected chi connectivity index (χ3v) is 2.27. The van der Waals surface area contributed by atoms with E-state index in [9.17, 15) is 4.79 Å². The number of hydrogen-bond acceptors (Lipinski definition) is 3. The summed E-state index contributed by atoms with van der Waals surface area (Å²) in [4.78, 5) is 13.1. The van der Waals surface area contributed by atoms with E-state index in [-0.39, 0.29) is 5.91 Å². The van der Waals surface area contributed by atoms with Gasteiger partial charge < -0.3 is 15.1 Å². The number of amides is 1. The van der Waals surface area contributed by atoms with Gasteiger partial charge in [0.25, 0.3) is 0 Å². The summed E-state index contributed by atoms with van der Waals surface area (Å²) in [5.41, 5.74) is 5.31. The molecule has 1 amide bonds. The van der Waals surface area contributed by atoms with Crippen molar-refractivity contribution >= 4 is 5.91 Å². The van der Waals surface area contributed by atoms with Gasteiger partial charge in [0.15, 0.2) is 0 Å². The van der Waals surface area contributed by atoms with Crippen LogP contribution in [0, 0.1) is 6.92 Å². The van der Waals surface area contributed by atoms with Crippen molar-refractivity contribution in [1.82, 2.24) is 4.90 Å². The Balaban J connectivity index is 2.33. The first kappa shape index (κ1) is 11.8. The average molecular weight is 210 g/mol. The summed E-state index contributed by atoms with van der Waals surface area (Å²) in [5, 5.41) is 0. The summed E-state index contributed by atoms with van der Waals surface area (Å²) in [6.07, 6.45) is 1.16. The highest BCUT2D eigenvalue weighted by molar-refractivity contribution is 5.75. The topological polar surface area (TPSA) is 59.5 Å². The van der Waals surface area contributed by atoms with Crippen molar-refractivity contribution in [2.24, 2.45) is 5.73 Å². The smallest absolute Gasteiger partial charge is 0.223 e. The molecule has 0 aliphatic carbocycles. The molecule has 0 unspecified atom stereocenters. The fourth-order valence-electron chi connectivity index (χ4n) is 1.34. The van der Waals surface area contributed by atoms with Crippen LogP contribution in [0.5, 0.6) is 0 Å². The third kappa shape index (κ3) is 3.75. The molecule has 0 aromatic carbocycles. The van der Waals surface area contributed by atoms with E-state index in [0.717, 1.165) is 17.9 Å². The number of nitrogens with zero attached hydrogens (tertiary/aromatic N) is 1. The summed E-state index contributed by atoms with van der Waals surface area (Å²) in [6, 6.07) is 3.87. The fourth-order valence-corrected chi connectivity index (χ4v) is 1.34. The minimum Gasteiger partial charge on any atom is -0.466 e. The number of likely N-dealkylation sites (N-methyl/N-ethyl adjacent to an activating group) is 1. The van der Waals surface area contributed by atoms with E-state index in [1.54, 1.807) is 11.9 Å². The molecule has 1 aromatic rings. The van der Waals surface area contributed by atoms with Crippen LogP contribution >= 0.6 is 0 Å². The zero-order valence-corrected chi connectivity index (χ0v) is 9.32. The number of carbonyl (C=O) groups excluding carboxylic acids is 1. The monoisotopic (exact) mass is 210 g/mol. The van der Waals surface area contributed by atoms with Gasteiger partial charge in [-0.05, 0) is 19.1 Å². The first-order valence-electron chi connectivity index (χ1n) is 5.13. The predicted molar refractivity (Wildman–Crippen MR) is 58.5 cm³/mol. The van der Waals surface area contributed by atoms with E-state index in [0.29, 0.717) is 19.5 Å². The van der Waals surface area contributed by atoms with Crippen LogP contribution in [0.4, 0.5) is 0 Å². The molecule has 4 heteroatoms. The molecule has 15 heavy (non-hydrogen) atoms. The maximum Gasteiger partial charge on any atom is 0.223 e. The van der Waals surface area contributed by atoms with Crippen LogP contribution in [0.15, 0.2) is 16.5 Å². The largest absolute Gasteiger partial charge is 0.466 e. The van der Waals surface area contributed by atoms with E-state index < -0.39 is 0 Å². The molecule has 0 fully saturated rings. The molecule has 0 radical (unpaired) electrons. The molecule has 2 N–H and O–H groups in total. The van der Waals surface area contributed by atoms with Gasteiger partial charge in [-0.1, -0.05) is 0 Å². The number of nitrogens with two attached hydrogens (primary N) is 1. The maximum atomic E-state index is 11.4. The normalized spacial score (nSPS) is 10.3. The van der Waals surface area contributed by atoms with Crippen molar-refractivity contribution in [3.05, 3.63) is 23.7 Å². The Morgan fingerprint density at radius 2 is 2.27 bits per heavy atom. The van der Waals surface area contributed by atoms with Crippen molar-refractivity contribution in [3.8, 4) is 0 Å². The first-order chi connectivity index (χ1) is 7.13. The quantitative estimate of drug-likeness (QED) is 0.786. The lowest BCUT2D eigenvalue weighted by molar-refractivity contribution is -0.129. The summed E-state index contributed by atoms with van der Waals surface area (Å²) >= 11 is 0. The van der Waals surface area contributed by atoms with Crippen LogP contribution in [-0.2, 0) is 11.2 Å². The molecule has 4 nitrogen and oxygen atoms in total. The minimum absolute atomic E-state index is 0.0841. The van der Waals surface area contributed by atoms with Crippen molar-refractivity contribution in [2.45, 2.75) is 19.8 Å². The lowest BCUT2D eigenvalue weighted by Crippen LogP contribution is -2.30. The zero-order valence-electron chi connectivity index (χ0n) is 9.32. The van der Waals surface area contributed by atoms with E-state index in [1.165, 1.54) is 0 Å². The number of aryl methyl sites for hydroxylation is 1. The van der Waals surface area contributed by atoms with Gasteiger partial charge in [0.05, 0.1) is 0 Å². The van der Waals surface area contributed by atoms with Crippen molar-refractivity contribution in [1.29, 1.82) is 0 Å². The summed E-state index contributed by atoms with van der Waals surface area (Å²) in [5.74, 6) is 1.90. The highest BCUT2D eigenvalue weighted by Gasteiger charge is 2.08. The highest BCUT2D eigenvalue weighted by atomic mass is 16.3. The van der Waals surface area contributed by atoms with Crippen LogP contribution in [0.3, 0.4) is 0 Å². The number of rotatable bonds is 5. The molecule has 84 valence electrons. The summed E-state index contributed by atoms with van der Waals surface area (Å²) in [6.45, 7) is 2.99. The van der Waals surface area contributed by atoms with Crippen LogP contribution in [0.2, 0.25) is 0 Å². The first-order valence-corrected chi connectivity index (χ1v) is 5.13. The molecule has 0 saturated carbocycles. The van der Waals surface area contributed by atoms with Crippen LogP contribution in [0.25, 0.3) is 0 Å². The molecule has 0 aliphatic rings. The van der Waals surface area contributed by atoms with Gasteiger partial charge in [-0.3, -0.25) is 4.79 Å². The molecule has 0 saturated heterocycles. The average Bonchev–Trinajstić information content (AvgIpc) is 2.61. The maximum absolute atomic E-state index is 11.4. The van der Waals surface area contributed by atoms with Gasteiger partial charge in [-0.25, -0.2) is 0 Å². The Hall–Kier alpha value is -1.29. The molecular weight excluding hydrogens is 192 g/mol. The number of carbonyl (C=O) groups is 1. The molecule has 0 bridgehead atoms. The van der Waals surface area contributed by atoms with Gasteiger partial charge in [0, 0.05) is 33.0 Å². The van der Waals surface area contributed by atoms with Gasteiger partial charge in [0.1, 0.15) is 11.5 Å². The Labute approximate surface area is 90.0 Å². The van der Waals surface area contributed by atoms with Gasteiger partial charge >= 0.3 is 0 Å². The molecule has 1 rings (SSSR count). The standard InChI is InChI=1S/C11H18N2O2/c1-9-3-4-10(15-9)6-8-13(2)11(14)5-7-12/h3-4H,5-8,12H2,1-2H3. The van der Waals surface area contributed by atoms with Gasteiger partial charge in [-0.2, -0.15) is 0 Å². The van der Waals surface area contributed by atoms with Crippen molar-refractivity contribution < 1.29 is 9.21 Å². The summed E-state index contributed by atoms with van der Waals surface area (Å²) in [7, 11) is 1.79. The van der Waals surface area contributed by atoms with Gasteiger partial charge in [-0.15, -0.1) is 0 Å². The van der Waals surface area contributed by atoms with Crippen molar-refractivity contribution in [2.75, 3.05) is 20.1 Å². The van der Waals surface area contributed by atoms with Crippen LogP contribution in [-0.4, -0.2) is 30.9 Å². The van der Waals surface area contributed by atoms with E-state index >= 15 is 0 Å². The second-order valence-corrected chi connectivity index (χ2v) is 3.62. The molecule has 0 atom stereocenters. The zero-order chi connectivity index (χ0) is 11.3. The second kappa shape index (κ2) is 5.56. The Kier molecular flexibility index (Phi) is 4.37. The second-order valence-electron chi connectivity index (χ2n) is 3.62. The van der Waals surface area contributed by atoms with Gasteiger partial charge in [0.2, 0.25) is 5.91 Å². The van der Waals surface area contributed by atoms with Crippen molar-refractivity contribution in [3.63, 3.8) is 0 Å². The Morgan fingerprint density at radius 1 is 1.53 bits per heavy atom. The Bertz CT molecular complexity index is 320. The van der Waals surface area contributed by atoms with E-state index in [2.05, 4.69) is 0 Å². The number of furan rings is 1. The lowest BCUT2D eigenvalue weighted by atomic mass is 10.3. The van der Waals surface area contributed by atoms with E-state index in [4.69, 9.17) is 10.2 Å². The highest BCUT2D eigenvalue weighted by Crippen LogP contribution is 2.07. The molecule has 0 aliphatic heterocycles. The summed E-state index contributed by atoms with van der Waals surface area (Å²) < 4.78 is 5.41. The van der Waals surface area contributed by atoms with Crippen LogP contribution < -0.4 is 5.73 Å². The van der Waals surface area contributed by atoms with Crippen LogP contribution in [0.1, 0.15) is 17.9 Å².